The normalized spacial score (nSPS) is 31.2. The van der Waals surface area contributed by atoms with Crippen LogP contribution in [0.5, 0.6) is 0 Å². The number of hydrogen-bond acceptors (Lipinski definition) is 6. The van der Waals surface area contributed by atoms with E-state index in [4.69, 9.17) is 14.3 Å². The first-order valence-corrected chi connectivity index (χ1v) is 5.81. The van der Waals surface area contributed by atoms with E-state index in [0.29, 0.717) is 0 Å². The number of esters is 1. The summed E-state index contributed by atoms with van der Waals surface area (Å²) in [5.74, 6) is -0.382. The van der Waals surface area contributed by atoms with Crippen LogP contribution >= 0.6 is 0 Å². The number of ether oxygens (including phenoxy) is 2. The topological polar surface area (TPSA) is 85.3 Å². The van der Waals surface area contributed by atoms with Gasteiger partial charge >= 0.3 is 12.1 Å². The molecule has 2 aliphatic rings. The van der Waals surface area contributed by atoms with Crippen molar-refractivity contribution in [1.82, 2.24) is 5.06 Å². The van der Waals surface area contributed by atoms with Gasteiger partial charge in [-0.1, -0.05) is 0 Å². The predicted octanol–water partition coefficient (Wildman–Crippen LogP) is 0.214. The third kappa shape index (κ3) is 2.41. The van der Waals surface area contributed by atoms with Crippen LogP contribution in [-0.4, -0.2) is 52.7 Å². The number of rotatable bonds is 1. The number of amides is 1. The highest BCUT2D eigenvalue weighted by Crippen LogP contribution is 2.32. The molecule has 1 N–H and O–H groups in total. The standard InChI is InChI=1S/C11H17NO6/c1-11(2,3)17-10(15)12-6(5-13)9-7(18-12)4-8(14)16-9/h6-7,9,13H,4-5H2,1-3H3. The highest BCUT2D eigenvalue weighted by atomic mass is 16.8. The van der Waals surface area contributed by atoms with Crippen molar-refractivity contribution in [3.63, 3.8) is 0 Å². The molecule has 2 heterocycles. The SMILES string of the molecule is CC(C)(C)OC(=O)N1OC2CC(=O)OC2C1CO. The minimum absolute atomic E-state index is 0.0838. The summed E-state index contributed by atoms with van der Waals surface area (Å²) >= 11 is 0. The van der Waals surface area contributed by atoms with E-state index in [9.17, 15) is 14.7 Å². The van der Waals surface area contributed by atoms with Crippen molar-refractivity contribution in [3.05, 3.63) is 0 Å². The molecular formula is C11H17NO6. The molecule has 0 aromatic rings. The maximum atomic E-state index is 11.9. The monoisotopic (exact) mass is 259 g/mol. The van der Waals surface area contributed by atoms with Crippen LogP contribution in [0, 0.1) is 0 Å². The van der Waals surface area contributed by atoms with Crippen LogP contribution < -0.4 is 0 Å². The predicted molar refractivity (Wildman–Crippen MR) is 58.3 cm³/mol. The van der Waals surface area contributed by atoms with Crippen LogP contribution in [0.3, 0.4) is 0 Å². The Bertz CT molecular complexity index is 363. The number of fused-ring (bicyclic) bond motifs is 1. The van der Waals surface area contributed by atoms with Gasteiger partial charge in [-0.05, 0) is 20.8 Å². The van der Waals surface area contributed by atoms with E-state index in [-0.39, 0.29) is 19.0 Å². The molecule has 18 heavy (non-hydrogen) atoms. The van der Waals surface area contributed by atoms with Crippen molar-refractivity contribution in [1.29, 1.82) is 0 Å². The summed E-state index contributed by atoms with van der Waals surface area (Å²) in [5.41, 5.74) is -0.658. The fourth-order valence-corrected chi connectivity index (χ4v) is 2.00. The van der Waals surface area contributed by atoms with Crippen molar-refractivity contribution in [3.8, 4) is 0 Å². The molecule has 0 saturated carbocycles. The van der Waals surface area contributed by atoms with E-state index in [1.54, 1.807) is 20.8 Å². The van der Waals surface area contributed by atoms with Gasteiger partial charge in [-0.2, -0.15) is 5.06 Å². The molecule has 1 amide bonds. The zero-order chi connectivity index (χ0) is 13.5. The van der Waals surface area contributed by atoms with Gasteiger partial charge in [0.05, 0.1) is 13.0 Å². The number of aliphatic hydroxyl groups is 1. The second-order valence-corrected chi connectivity index (χ2v) is 5.36. The number of nitrogens with zero attached hydrogens (tertiary/aromatic N) is 1. The van der Waals surface area contributed by atoms with Crippen molar-refractivity contribution in [2.75, 3.05) is 6.61 Å². The molecular weight excluding hydrogens is 242 g/mol. The average molecular weight is 259 g/mol. The number of hydrogen-bond donors (Lipinski definition) is 1. The summed E-state index contributed by atoms with van der Waals surface area (Å²) in [4.78, 5) is 28.3. The lowest BCUT2D eigenvalue weighted by molar-refractivity contribution is -0.162. The van der Waals surface area contributed by atoms with Crippen molar-refractivity contribution in [2.24, 2.45) is 0 Å². The third-order valence-corrected chi connectivity index (χ3v) is 2.69. The van der Waals surface area contributed by atoms with E-state index in [2.05, 4.69) is 0 Å². The van der Waals surface area contributed by atoms with Crippen LogP contribution in [0.25, 0.3) is 0 Å². The van der Waals surface area contributed by atoms with Gasteiger partial charge in [-0.3, -0.25) is 9.63 Å². The summed E-state index contributed by atoms with van der Waals surface area (Å²) in [6, 6.07) is -0.712. The molecule has 0 aromatic heterocycles. The Kier molecular flexibility index (Phi) is 3.20. The Labute approximate surface area is 105 Å². The Morgan fingerprint density at radius 3 is 2.78 bits per heavy atom. The molecule has 7 nitrogen and oxygen atoms in total. The van der Waals surface area contributed by atoms with Crippen LogP contribution in [0.2, 0.25) is 0 Å². The molecule has 102 valence electrons. The average Bonchev–Trinajstić information content (AvgIpc) is 2.70. The minimum atomic E-state index is -0.712. The molecule has 0 aromatic carbocycles. The molecule has 2 aliphatic heterocycles. The Hall–Kier alpha value is -1.34. The summed E-state index contributed by atoms with van der Waals surface area (Å²) in [6.45, 7) is 4.84. The molecule has 2 fully saturated rings. The molecule has 2 saturated heterocycles. The first kappa shape index (κ1) is 13.1. The van der Waals surface area contributed by atoms with Gasteiger partial charge in [0.15, 0.2) is 6.10 Å². The highest BCUT2D eigenvalue weighted by Gasteiger charge is 2.53. The van der Waals surface area contributed by atoms with Crippen LogP contribution in [-0.2, 0) is 19.1 Å². The van der Waals surface area contributed by atoms with Crippen molar-refractivity contribution >= 4 is 12.1 Å². The van der Waals surface area contributed by atoms with Gasteiger partial charge in [0.1, 0.15) is 17.7 Å². The smallest absolute Gasteiger partial charge is 0.434 e. The molecule has 3 unspecified atom stereocenters. The van der Waals surface area contributed by atoms with Gasteiger partial charge in [0.25, 0.3) is 0 Å². The van der Waals surface area contributed by atoms with E-state index < -0.39 is 29.9 Å². The maximum Gasteiger partial charge on any atom is 0.434 e. The molecule has 0 bridgehead atoms. The molecule has 0 aliphatic carbocycles. The molecule has 0 spiro atoms. The van der Waals surface area contributed by atoms with Crippen LogP contribution in [0.15, 0.2) is 0 Å². The van der Waals surface area contributed by atoms with Gasteiger partial charge in [-0.15, -0.1) is 0 Å². The number of hydroxylamine groups is 2. The third-order valence-electron chi connectivity index (χ3n) is 2.69. The van der Waals surface area contributed by atoms with Gasteiger partial charge in [0.2, 0.25) is 0 Å². The summed E-state index contributed by atoms with van der Waals surface area (Å²) in [5, 5.41) is 10.3. The van der Waals surface area contributed by atoms with Gasteiger partial charge in [-0.25, -0.2) is 4.79 Å². The first-order valence-electron chi connectivity index (χ1n) is 5.81. The van der Waals surface area contributed by atoms with Crippen molar-refractivity contribution in [2.45, 2.75) is 51.0 Å². The van der Waals surface area contributed by atoms with Gasteiger partial charge in [0, 0.05) is 0 Å². The zero-order valence-corrected chi connectivity index (χ0v) is 10.6. The van der Waals surface area contributed by atoms with Crippen LogP contribution in [0.1, 0.15) is 27.2 Å². The maximum absolute atomic E-state index is 11.9. The summed E-state index contributed by atoms with van der Waals surface area (Å²) in [6.07, 6.45) is -1.75. The second kappa shape index (κ2) is 4.40. The largest absolute Gasteiger partial charge is 0.457 e. The number of carbonyl (C=O) groups excluding carboxylic acids is 2. The fraction of sp³-hybridized carbons (Fsp3) is 0.818. The van der Waals surface area contributed by atoms with E-state index in [1.165, 1.54) is 0 Å². The Morgan fingerprint density at radius 2 is 2.22 bits per heavy atom. The van der Waals surface area contributed by atoms with Crippen molar-refractivity contribution < 1.29 is 29.0 Å². The second-order valence-electron chi connectivity index (χ2n) is 5.36. The fourth-order valence-electron chi connectivity index (χ4n) is 2.00. The Morgan fingerprint density at radius 1 is 1.56 bits per heavy atom. The minimum Gasteiger partial charge on any atom is -0.457 e. The highest BCUT2D eigenvalue weighted by molar-refractivity contribution is 5.74. The lowest BCUT2D eigenvalue weighted by atomic mass is 10.1. The molecule has 3 atom stereocenters. The van der Waals surface area contributed by atoms with E-state index in [1.807, 2.05) is 0 Å². The lowest BCUT2D eigenvalue weighted by Crippen LogP contribution is -2.44. The van der Waals surface area contributed by atoms with E-state index >= 15 is 0 Å². The lowest BCUT2D eigenvalue weighted by Gasteiger charge is -2.27. The van der Waals surface area contributed by atoms with Gasteiger partial charge < -0.3 is 14.6 Å². The molecule has 0 radical (unpaired) electrons. The Balaban J connectivity index is 2.07. The number of carbonyl (C=O) groups is 2. The zero-order valence-electron chi connectivity index (χ0n) is 10.6. The first-order chi connectivity index (χ1) is 8.31. The quantitative estimate of drug-likeness (QED) is 0.678. The molecule has 7 heteroatoms. The molecule has 2 rings (SSSR count). The summed E-state index contributed by atoms with van der Waals surface area (Å²) < 4.78 is 10.2. The number of aliphatic hydroxyl groups excluding tert-OH is 1. The summed E-state index contributed by atoms with van der Waals surface area (Å²) in [7, 11) is 0. The van der Waals surface area contributed by atoms with E-state index in [0.717, 1.165) is 5.06 Å². The van der Waals surface area contributed by atoms with Crippen LogP contribution in [0.4, 0.5) is 4.79 Å².